The Labute approximate surface area is 156 Å². The number of carbonyl (C=O) groups is 1. The van der Waals surface area contributed by atoms with Crippen molar-refractivity contribution >= 4 is 5.91 Å². The number of unbranched alkanes of at least 4 members (excludes halogenated alkanes) is 10. The Morgan fingerprint density at radius 1 is 0.960 bits per heavy atom. The minimum atomic E-state index is -0.616. The van der Waals surface area contributed by atoms with Crippen LogP contribution in [0.15, 0.2) is 12.2 Å². The van der Waals surface area contributed by atoms with E-state index >= 15 is 0 Å². The molecule has 0 unspecified atom stereocenters. The standard InChI is InChI=1S/C22H43NO2/c1-6-7-8-9-10-11-12-13-14-15-16-17-18-20(24)19(2)23-21(25)22(3,4)5/h17-20,24H,6-16H2,1-5H3,(H,23,25)/b18-17+/t19-,20-/m1/s1. The van der Waals surface area contributed by atoms with E-state index in [2.05, 4.69) is 18.3 Å². The van der Waals surface area contributed by atoms with E-state index in [-0.39, 0.29) is 11.9 Å². The van der Waals surface area contributed by atoms with Crippen LogP contribution in [0.1, 0.15) is 105 Å². The van der Waals surface area contributed by atoms with Crippen molar-refractivity contribution < 1.29 is 9.90 Å². The van der Waals surface area contributed by atoms with E-state index in [1.54, 1.807) is 0 Å². The summed E-state index contributed by atoms with van der Waals surface area (Å²) in [5.41, 5.74) is -0.423. The van der Waals surface area contributed by atoms with E-state index in [1.807, 2.05) is 33.8 Å². The van der Waals surface area contributed by atoms with Crippen molar-refractivity contribution in [3.63, 3.8) is 0 Å². The predicted molar refractivity (Wildman–Crippen MR) is 109 cm³/mol. The Kier molecular flexibility index (Phi) is 13.9. The second kappa shape index (κ2) is 14.4. The van der Waals surface area contributed by atoms with Crippen molar-refractivity contribution in [2.75, 3.05) is 0 Å². The molecule has 0 radical (unpaired) electrons. The highest BCUT2D eigenvalue weighted by Crippen LogP contribution is 2.14. The molecule has 0 aromatic heterocycles. The zero-order chi connectivity index (χ0) is 19.1. The molecular weight excluding hydrogens is 310 g/mol. The summed E-state index contributed by atoms with van der Waals surface area (Å²) in [5.74, 6) is -0.0258. The summed E-state index contributed by atoms with van der Waals surface area (Å²) >= 11 is 0. The summed E-state index contributed by atoms with van der Waals surface area (Å²) in [6, 6.07) is -0.254. The van der Waals surface area contributed by atoms with Crippen molar-refractivity contribution in [1.82, 2.24) is 5.32 Å². The van der Waals surface area contributed by atoms with Gasteiger partial charge in [-0.1, -0.05) is 97.6 Å². The molecule has 25 heavy (non-hydrogen) atoms. The highest BCUT2D eigenvalue weighted by molar-refractivity contribution is 5.81. The number of amides is 1. The molecule has 0 heterocycles. The average molecular weight is 354 g/mol. The smallest absolute Gasteiger partial charge is 0.225 e. The fourth-order valence-corrected chi connectivity index (χ4v) is 2.66. The summed E-state index contributed by atoms with van der Waals surface area (Å²) in [6.45, 7) is 9.74. The van der Waals surface area contributed by atoms with Gasteiger partial charge in [0.2, 0.25) is 5.91 Å². The Balaban J connectivity index is 3.62. The van der Waals surface area contributed by atoms with E-state index in [0.29, 0.717) is 0 Å². The molecule has 3 heteroatoms. The minimum absolute atomic E-state index is 0.0258. The van der Waals surface area contributed by atoms with Crippen LogP contribution in [0.25, 0.3) is 0 Å². The van der Waals surface area contributed by atoms with Crippen LogP contribution in [0, 0.1) is 5.41 Å². The molecule has 0 aliphatic carbocycles. The molecule has 0 aliphatic heterocycles. The number of nitrogens with one attached hydrogen (secondary N) is 1. The maximum atomic E-state index is 11.9. The highest BCUT2D eigenvalue weighted by Gasteiger charge is 2.24. The van der Waals surface area contributed by atoms with E-state index in [9.17, 15) is 9.90 Å². The number of carbonyl (C=O) groups excluding carboxylic acids is 1. The minimum Gasteiger partial charge on any atom is -0.387 e. The quantitative estimate of drug-likeness (QED) is 0.308. The number of rotatable bonds is 14. The number of aliphatic hydroxyl groups is 1. The number of aliphatic hydroxyl groups excluding tert-OH is 1. The first-order valence-corrected chi connectivity index (χ1v) is 10.4. The lowest BCUT2D eigenvalue weighted by Crippen LogP contribution is -2.45. The highest BCUT2D eigenvalue weighted by atomic mass is 16.3. The maximum absolute atomic E-state index is 11.9. The molecule has 0 aromatic carbocycles. The van der Waals surface area contributed by atoms with Gasteiger partial charge in [0.25, 0.3) is 0 Å². The molecule has 0 saturated carbocycles. The van der Waals surface area contributed by atoms with E-state index < -0.39 is 11.5 Å². The topological polar surface area (TPSA) is 49.3 Å². The zero-order valence-corrected chi connectivity index (χ0v) is 17.4. The molecule has 0 aliphatic rings. The Bertz CT molecular complexity index is 358. The summed E-state index contributed by atoms with van der Waals surface area (Å²) < 4.78 is 0. The average Bonchev–Trinajstić information content (AvgIpc) is 2.54. The fraction of sp³-hybridized carbons (Fsp3) is 0.864. The first kappa shape index (κ1) is 24.2. The van der Waals surface area contributed by atoms with Gasteiger partial charge >= 0.3 is 0 Å². The van der Waals surface area contributed by atoms with Crippen molar-refractivity contribution in [3.05, 3.63) is 12.2 Å². The fourth-order valence-electron chi connectivity index (χ4n) is 2.66. The van der Waals surface area contributed by atoms with Crippen LogP contribution in [0.4, 0.5) is 0 Å². The molecule has 0 rings (SSSR count). The molecule has 148 valence electrons. The van der Waals surface area contributed by atoms with Gasteiger partial charge in [0.1, 0.15) is 0 Å². The van der Waals surface area contributed by atoms with Gasteiger partial charge in [-0.25, -0.2) is 0 Å². The lowest BCUT2D eigenvalue weighted by Gasteiger charge is -2.23. The summed E-state index contributed by atoms with van der Waals surface area (Å²) in [7, 11) is 0. The normalized spacial score (nSPS) is 14.6. The molecule has 1 amide bonds. The van der Waals surface area contributed by atoms with Crippen LogP contribution in [0.2, 0.25) is 0 Å². The number of hydrogen-bond donors (Lipinski definition) is 2. The third kappa shape index (κ3) is 14.1. The number of allylic oxidation sites excluding steroid dienone is 1. The molecular formula is C22H43NO2. The lowest BCUT2D eigenvalue weighted by atomic mass is 9.95. The Morgan fingerprint density at radius 2 is 1.44 bits per heavy atom. The lowest BCUT2D eigenvalue weighted by molar-refractivity contribution is -0.129. The summed E-state index contributed by atoms with van der Waals surface area (Å²) in [5, 5.41) is 13.0. The van der Waals surface area contributed by atoms with Gasteiger partial charge < -0.3 is 10.4 Å². The molecule has 2 atom stereocenters. The van der Waals surface area contributed by atoms with E-state index in [0.717, 1.165) is 6.42 Å². The van der Waals surface area contributed by atoms with Crippen LogP contribution in [0.3, 0.4) is 0 Å². The Hall–Kier alpha value is -0.830. The molecule has 3 nitrogen and oxygen atoms in total. The van der Waals surface area contributed by atoms with E-state index in [1.165, 1.54) is 64.2 Å². The summed E-state index contributed by atoms with van der Waals surface area (Å²) in [4.78, 5) is 11.9. The van der Waals surface area contributed by atoms with Gasteiger partial charge in [-0.3, -0.25) is 4.79 Å². The van der Waals surface area contributed by atoms with Gasteiger partial charge in [-0.05, 0) is 19.8 Å². The first-order valence-electron chi connectivity index (χ1n) is 10.4. The molecule has 0 fully saturated rings. The van der Waals surface area contributed by atoms with Gasteiger partial charge in [0, 0.05) is 5.41 Å². The van der Waals surface area contributed by atoms with Crippen LogP contribution in [-0.2, 0) is 4.79 Å². The SMILES string of the molecule is CCCCCCCCCCCC/C=C/[C@@H](O)[C@@H](C)NC(=O)C(C)(C)C. The maximum Gasteiger partial charge on any atom is 0.225 e. The number of hydrogen-bond acceptors (Lipinski definition) is 2. The predicted octanol–water partition coefficient (Wildman–Crippen LogP) is 5.77. The summed E-state index contributed by atoms with van der Waals surface area (Å²) in [6.07, 6.45) is 17.7. The molecule has 0 spiro atoms. The second-order valence-electron chi connectivity index (χ2n) is 8.40. The Morgan fingerprint density at radius 3 is 1.92 bits per heavy atom. The molecule has 0 aromatic rings. The monoisotopic (exact) mass is 353 g/mol. The van der Waals surface area contributed by atoms with Gasteiger partial charge in [0.05, 0.1) is 12.1 Å². The van der Waals surface area contributed by atoms with Gasteiger partial charge in [-0.2, -0.15) is 0 Å². The van der Waals surface area contributed by atoms with Crippen LogP contribution < -0.4 is 5.32 Å². The van der Waals surface area contributed by atoms with Crippen LogP contribution in [0.5, 0.6) is 0 Å². The second-order valence-corrected chi connectivity index (χ2v) is 8.40. The van der Waals surface area contributed by atoms with E-state index in [4.69, 9.17) is 0 Å². The van der Waals surface area contributed by atoms with Crippen LogP contribution in [-0.4, -0.2) is 23.2 Å². The largest absolute Gasteiger partial charge is 0.387 e. The first-order chi connectivity index (χ1) is 11.8. The zero-order valence-electron chi connectivity index (χ0n) is 17.4. The van der Waals surface area contributed by atoms with Gasteiger partial charge in [-0.15, -0.1) is 0 Å². The van der Waals surface area contributed by atoms with Crippen molar-refractivity contribution in [3.8, 4) is 0 Å². The van der Waals surface area contributed by atoms with Crippen molar-refractivity contribution in [1.29, 1.82) is 0 Å². The third-order valence-electron chi connectivity index (χ3n) is 4.61. The van der Waals surface area contributed by atoms with Gasteiger partial charge in [0.15, 0.2) is 0 Å². The molecule has 0 saturated heterocycles. The van der Waals surface area contributed by atoms with Crippen LogP contribution >= 0.6 is 0 Å². The molecule has 2 N–H and O–H groups in total. The molecule has 0 bridgehead atoms. The van der Waals surface area contributed by atoms with Crippen molar-refractivity contribution in [2.45, 2.75) is 117 Å². The third-order valence-corrected chi connectivity index (χ3v) is 4.61. The van der Waals surface area contributed by atoms with Crippen molar-refractivity contribution in [2.24, 2.45) is 5.41 Å².